The van der Waals surface area contributed by atoms with E-state index in [0.717, 1.165) is 17.7 Å². The number of hydrogen-bond donors (Lipinski definition) is 2. The van der Waals surface area contributed by atoms with Gasteiger partial charge in [0.05, 0.1) is 17.0 Å². The van der Waals surface area contributed by atoms with Crippen LogP contribution in [0.5, 0.6) is 11.5 Å². The Balaban J connectivity index is 1.21. The van der Waals surface area contributed by atoms with Crippen LogP contribution in [-0.4, -0.2) is 75.6 Å². The second-order valence-corrected chi connectivity index (χ2v) is 12.4. The van der Waals surface area contributed by atoms with E-state index in [1.165, 1.54) is 23.1 Å². The predicted octanol–water partition coefficient (Wildman–Crippen LogP) is 4.33. The number of amides is 1. The lowest BCUT2D eigenvalue weighted by Gasteiger charge is -2.63. The Hall–Kier alpha value is -4.33. The molecule has 2 N–H and O–H groups in total. The highest BCUT2D eigenvalue weighted by Crippen LogP contribution is 2.65. The molecule has 45 heavy (non-hydrogen) atoms. The lowest BCUT2D eigenvalue weighted by Crippen LogP contribution is -2.79. The van der Waals surface area contributed by atoms with E-state index < -0.39 is 46.9 Å². The minimum atomic E-state index is -4.47. The van der Waals surface area contributed by atoms with Gasteiger partial charge in [-0.2, -0.15) is 13.2 Å². The highest BCUT2D eigenvalue weighted by molar-refractivity contribution is 6.06. The number of nitrogens with zero attached hydrogens (tertiary/aromatic N) is 2. The number of carbonyl (C=O) groups excluding carboxylic acids is 2. The number of aromatic hydroxyl groups is 1. The number of phenols is 1. The number of halogens is 3. The molecule has 2 heterocycles. The Morgan fingerprint density at radius 3 is 2.53 bits per heavy atom. The molecule has 0 aromatic heterocycles. The van der Waals surface area contributed by atoms with Crippen LogP contribution >= 0.6 is 0 Å². The molecule has 2 aliphatic carbocycles. The van der Waals surface area contributed by atoms with Crippen molar-refractivity contribution in [1.29, 1.82) is 0 Å². The predicted molar refractivity (Wildman–Crippen MR) is 158 cm³/mol. The first kappa shape index (κ1) is 29.4. The second kappa shape index (κ2) is 10.4. The largest absolute Gasteiger partial charge is 0.504 e. The van der Waals surface area contributed by atoms with Crippen LogP contribution in [0.1, 0.15) is 51.9 Å². The van der Waals surface area contributed by atoms with Crippen LogP contribution in [0.4, 0.5) is 13.2 Å². The number of Topliss-reactive ketones (excluding diaryl/α,β-unsaturated/α-hetero) is 1. The van der Waals surface area contributed by atoms with E-state index in [1.54, 1.807) is 13.1 Å². The molecule has 2 fully saturated rings. The molecular formula is C35H31F3N2O5. The molecule has 0 radical (unpaired) electrons. The number of piperidine rings is 1. The summed E-state index contributed by atoms with van der Waals surface area (Å²) in [7, 11) is 1.59. The standard InChI is InChI=1S/C35H31F3N2O5/c1-39(27(42)14-9-22-7-10-23(11-8-22)35(36,37)38)25-15-17-34(44)31-29(43)24-12-13-26(41)30-28(24)33(34,32(25)45-30)18-20-40(31)19-16-21-5-3-2-4-6-21/h2-8,10-13,25,31-32,41,44H,15-20H2,1H3/t25-,31-,32+,33+,34-/m1/s1. The fraction of sp³-hybridized carbons (Fsp3) is 0.371. The summed E-state index contributed by atoms with van der Waals surface area (Å²) in [4.78, 5) is 31.0. The summed E-state index contributed by atoms with van der Waals surface area (Å²) in [5, 5.41) is 23.5. The van der Waals surface area contributed by atoms with E-state index in [-0.39, 0.29) is 29.3 Å². The number of ketones is 1. The Morgan fingerprint density at radius 1 is 1.09 bits per heavy atom. The summed E-state index contributed by atoms with van der Waals surface area (Å²) in [5.74, 6) is 4.47. The molecule has 7 nitrogen and oxygen atoms in total. The number of benzene rings is 3. The molecule has 1 saturated heterocycles. The minimum absolute atomic E-state index is 0.132. The van der Waals surface area contributed by atoms with Gasteiger partial charge in [0.2, 0.25) is 0 Å². The van der Waals surface area contributed by atoms with E-state index in [4.69, 9.17) is 4.74 Å². The van der Waals surface area contributed by atoms with Crippen LogP contribution in [0.25, 0.3) is 0 Å². The SMILES string of the molecule is CN(C(=O)C#Cc1ccc(C(F)(F)F)cc1)[C@@H]1CC[C@@]2(O)[C@H]3C(=O)c4ccc(O)c5c4[C@@]2(CCN3CCc2ccccc2)[C@H]1O5. The third-order valence-electron chi connectivity index (χ3n) is 10.3. The Kier molecular flexibility index (Phi) is 6.77. The van der Waals surface area contributed by atoms with Gasteiger partial charge < -0.3 is 19.8 Å². The first-order valence-electron chi connectivity index (χ1n) is 15.0. The number of alkyl halides is 3. The Labute approximate surface area is 258 Å². The zero-order valence-electron chi connectivity index (χ0n) is 24.5. The van der Waals surface area contributed by atoms with Gasteiger partial charge in [-0.15, -0.1) is 0 Å². The van der Waals surface area contributed by atoms with Gasteiger partial charge >= 0.3 is 6.18 Å². The van der Waals surface area contributed by atoms with Crippen molar-refractivity contribution >= 4 is 11.7 Å². The quantitative estimate of drug-likeness (QED) is 0.425. The van der Waals surface area contributed by atoms with Crippen LogP contribution < -0.4 is 4.74 Å². The van der Waals surface area contributed by atoms with Gasteiger partial charge in [-0.1, -0.05) is 36.3 Å². The van der Waals surface area contributed by atoms with Crippen molar-refractivity contribution in [2.45, 2.75) is 61.1 Å². The minimum Gasteiger partial charge on any atom is -0.504 e. The molecule has 232 valence electrons. The van der Waals surface area contributed by atoms with Gasteiger partial charge in [-0.3, -0.25) is 14.5 Å². The fourth-order valence-corrected chi connectivity index (χ4v) is 8.13. The lowest BCUT2D eigenvalue weighted by molar-refractivity contribution is -0.187. The Morgan fingerprint density at radius 2 is 1.82 bits per heavy atom. The molecule has 1 amide bonds. The maximum atomic E-state index is 14.1. The number of hydrogen-bond acceptors (Lipinski definition) is 6. The molecule has 2 bridgehead atoms. The third kappa shape index (κ3) is 4.36. The maximum absolute atomic E-state index is 14.1. The average Bonchev–Trinajstić information content (AvgIpc) is 3.38. The van der Waals surface area contributed by atoms with Gasteiger partial charge in [0, 0.05) is 42.7 Å². The molecule has 10 heteroatoms. The zero-order valence-corrected chi connectivity index (χ0v) is 24.5. The van der Waals surface area contributed by atoms with Crippen molar-refractivity contribution in [2.75, 3.05) is 20.1 Å². The molecular weight excluding hydrogens is 585 g/mol. The molecule has 3 aromatic carbocycles. The van der Waals surface area contributed by atoms with Gasteiger partial charge in [0.15, 0.2) is 17.3 Å². The fourth-order valence-electron chi connectivity index (χ4n) is 8.13. The second-order valence-electron chi connectivity index (χ2n) is 12.4. The van der Waals surface area contributed by atoms with Crippen molar-refractivity contribution in [2.24, 2.45) is 0 Å². The van der Waals surface area contributed by atoms with Crippen molar-refractivity contribution < 1.29 is 37.7 Å². The van der Waals surface area contributed by atoms with Crippen LogP contribution in [0.15, 0.2) is 66.7 Å². The van der Waals surface area contributed by atoms with Gasteiger partial charge in [0.1, 0.15) is 17.7 Å². The van der Waals surface area contributed by atoms with Gasteiger partial charge in [-0.05, 0) is 67.6 Å². The van der Waals surface area contributed by atoms with E-state index in [2.05, 4.69) is 16.7 Å². The maximum Gasteiger partial charge on any atom is 0.416 e. The van der Waals surface area contributed by atoms with Gasteiger partial charge in [-0.25, -0.2) is 0 Å². The molecule has 1 spiro atoms. The molecule has 2 aliphatic heterocycles. The highest BCUT2D eigenvalue weighted by Gasteiger charge is 2.75. The normalized spacial score (nSPS) is 28.0. The van der Waals surface area contributed by atoms with Crippen LogP contribution in [-0.2, 0) is 22.8 Å². The van der Waals surface area contributed by atoms with Crippen LogP contribution in [0.2, 0.25) is 0 Å². The van der Waals surface area contributed by atoms with E-state index in [0.29, 0.717) is 43.5 Å². The lowest BCUT2D eigenvalue weighted by atomic mass is 9.48. The van der Waals surface area contributed by atoms with Crippen LogP contribution in [0, 0.1) is 11.8 Å². The van der Waals surface area contributed by atoms with Crippen molar-refractivity contribution in [1.82, 2.24) is 9.80 Å². The third-order valence-corrected chi connectivity index (χ3v) is 10.3. The molecule has 3 aromatic rings. The number of likely N-dealkylation sites (N-methyl/N-ethyl adjacent to an activating group) is 1. The molecule has 5 atom stereocenters. The van der Waals surface area contributed by atoms with Crippen molar-refractivity contribution in [3.63, 3.8) is 0 Å². The first-order chi connectivity index (χ1) is 21.5. The number of rotatable bonds is 4. The van der Waals surface area contributed by atoms with Crippen LogP contribution in [0.3, 0.4) is 0 Å². The first-order valence-corrected chi connectivity index (χ1v) is 15.0. The summed E-state index contributed by atoms with van der Waals surface area (Å²) in [6, 6.07) is 15.9. The van der Waals surface area contributed by atoms with E-state index in [1.807, 2.05) is 30.3 Å². The molecule has 7 rings (SSSR count). The summed E-state index contributed by atoms with van der Waals surface area (Å²) in [6.45, 7) is 1.09. The van der Waals surface area contributed by atoms with E-state index in [9.17, 15) is 33.0 Å². The smallest absolute Gasteiger partial charge is 0.416 e. The number of phenolic OH excluding ortho intramolecular Hbond substituents is 1. The Bertz CT molecular complexity index is 1750. The number of aliphatic hydroxyl groups is 1. The van der Waals surface area contributed by atoms with Crippen molar-refractivity contribution in [3.05, 3.63) is 94.5 Å². The molecule has 1 saturated carbocycles. The topological polar surface area (TPSA) is 90.3 Å². The average molecular weight is 617 g/mol. The highest BCUT2D eigenvalue weighted by atomic mass is 19.4. The van der Waals surface area contributed by atoms with Gasteiger partial charge in [0.25, 0.3) is 5.91 Å². The summed E-state index contributed by atoms with van der Waals surface area (Å²) in [6.07, 6.45) is -3.54. The van der Waals surface area contributed by atoms with Crippen molar-refractivity contribution in [3.8, 4) is 23.3 Å². The number of likely N-dealkylation sites (tertiary alicyclic amines) is 1. The number of ether oxygens (including phenoxy) is 1. The summed E-state index contributed by atoms with van der Waals surface area (Å²) >= 11 is 0. The number of carbonyl (C=O) groups is 2. The molecule has 4 aliphatic rings. The monoisotopic (exact) mass is 616 g/mol. The summed E-state index contributed by atoms with van der Waals surface area (Å²) < 4.78 is 45.3. The zero-order chi connectivity index (χ0) is 31.7. The van der Waals surface area contributed by atoms with E-state index >= 15 is 0 Å². The summed E-state index contributed by atoms with van der Waals surface area (Å²) in [5.41, 5.74) is -1.03. The molecule has 0 unspecified atom stereocenters.